The van der Waals surface area contributed by atoms with Crippen LogP contribution in [0.15, 0.2) is 12.1 Å². The summed E-state index contributed by atoms with van der Waals surface area (Å²) < 4.78 is 92.9. The van der Waals surface area contributed by atoms with Crippen LogP contribution >= 0.6 is 0 Å². The van der Waals surface area contributed by atoms with E-state index >= 15 is 0 Å². The van der Waals surface area contributed by atoms with Crippen molar-refractivity contribution in [2.24, 2.45) is 0 Å². The van der Waals surface area contributed by atoms with Gasteiger partial charge in [0, 0.05) is 6.92 Å². The molecule has 0 bridgehead atoms. The molecule has 0 fully saturated rings. The van der Waals surface area contributed by atoms with Gasteiger partial charge < -0.3 is 10.1 Å². The van der Waals surface area contributed by atoms with E-state index in [0.717, 1.165) is 19.9 Å². The summed E-state index contributed by atoms with van der Waals surface area (Å²) in [6.45, 7) is 3.59. The van der Waals surface area contributed by atoms with E-state index in [1.807, 2.05) is 5.32 Å². The molecule has 1 rings (SSSR count). The largest absolute Gasteiger partial charge is 0.470 e. The predicted molar refractivity (Wildman–Crippen MR) is 66.8 cm³/mol. The number of anilines is 1. The van der Waals surface area contributed by atoms with Crippen LogP contribution < -0.4 is 10.1 Å². The van der Waals surface area contributed by atoms with Crippen LogP contribution in [0.4, 0.5) is 36.4 Å². The van der Waals surface area contributed by atoms with E-state index in [-0.39, 0.29) is 5.56 Å². The Hall–Kier alpha value is -2.00. The summed E-state index contributed by atoms with van der Waals surface area (Å²) in [5.74, 6) is -7.74. The lowest BCUT2D eigenvalue weighted by Gasteiger charge is -2.31. The molecule has 3 nitrogen and oxygen atoms in total. The van der Waals surface area contributed by atoms with Crippen molar-refractivity contribution < 1.29 is 40.3 Å². The number of halogens is 7. The van der Waals surface area contributed by atoms with Crippen molar-refractivity contribution in [3.63, 3.8) is 0 Å². The van der Waals surface area contributed by atoms with E-state index < -0.39 is 35.6 Å². The molecule has 1 N–H and O–H groups in total. The van der Waals surface area contributed by atoms with Crippen LogP contribution in [0.2, 0.25) is 0 Å². The number of rotatable bonds is 3. The lowest BCUT2D eigenvalue weighted by atomic mass is 10.1. The highest BCUT2D eigenvalue weighted by Gasteiger charge is 2.76. The number of ether oxygens (including phenoxy) is 1. The molecule has 0 saturated heterocycles. The van der Waals surface area contributed by atoms with E-state index in [9.17, 15) is 35.5 Å². The highest BCUT2D eigenvalue weighted by atomic mass is 19.4. The molecule has 1 aromatic carbocycles. The first-order valence-electron chi connectivity index (χ1n) is 6.09. The topological polar surface area (TPSA) is 38.3 Å². The molecular weight excluding hydrogens is 335 g/mol. The Morgan fingerprint density at radius 1 is 1.00 bits per heavy atom. The number of alkyl halides is 7. The van der Waals surface area contributed by atoms with Gasteiger partial charge in [-0.05, 0) is 31.0 Å². The van der Waals surface area contributed by atoms with Crippen molar-refractivity contribution in [3.05, 3.63) is 23.3 Å². The number of carbonyl (C=O) groups excluding carboxylic acids is 1. The summed E-state index contributed by atoms with van der Waals surface area (Å²) in [7, 11) is 0. The zero-order valence-corrected chi connectivity index (χ0v) is 12.1. The van der Waals surface area contributed by atoms with Gasteiger partial charge in [0.25, 0.3) is 0 Å². The average Bonchev–Trinajstić information content (AvgIpc) is 2.29. The number of carbonyl (C=O) groups is 1. The van der Waals surface area contributed by atoms with Crippen LogP contribution in [-0.4, -0.2) is 24.1 Å². The zero-order chi connectivity index (χ0) is 18.2. The maximum absolute atomic E-state index is 13.7. The number of amides is 1. The fourth-order valence-corrected chi connectivity index (χ4v) is 1.79. The Balaban J connectivity index is 3.48. The molecule has 0 unspecified atom stereocenters. The quantitative estimate of drug-likeness (QED) is 0.822. The maximum Gasteiger partial charge on any atom is 0.470 e. The van der Waals surface area contributed by atoms with Crippen molar-refractivity contribution in [2.45, 2.75) is 39.0 Å². The zero-order valence-electron chi connectivity index (χ0n) is 12.1. The smallest absolute Gasteiger partial charge is 0.441 e. The highest BCUT2D eigenvalue weighted by molar-refractivity contribution is 5.90. The molecule has 23 heavy (non-hydrogen) atoms. The van der Waals surface area contributed by atoms with Gasteiger partial charge in [0.15, 0.2) is 5.75 Å². The van der Waals surface area contributed by atoms with Gasteiger partial charge in [-0.1, -0.05) is 6.07 Å². The van der Waals surface area contributed by atoms with Crippen molar-refractivity contribution >= 4 is 11.6 Å². The predicted octanol–water partition coefficient (Wildman–Crippen LogP) is 4.43. The van der Waals surface area contributed by atoms with Crippen molar-refractivity contribution in [1.29, 1.82) is 0 Å². The van der Waals surface area contributed by atoms with Gasteiger partial charge in [-0.15, -0.1) is 0 Å². The first kappa shape index (κ1) is 19.0. The average molecular weight is 347 g/mol. The second kappa shape index (κ2) is 5.89. The van der Waals surface area contributed by atoms with Gasteiger partial charge in [-0.25, -0.2) is 0 Å². The molecule has 0 saturated carbocycles. The molecule has 0 spiro atoms. The molecule has 0 radical (unpaired) electrons. The molecule has 0 aliphatic heterocycles. The molecule has 1 amide bonds. The van der Waals surface area contributed by atoms with Gasteiger partial charge in [-0.3, -0.25) is 4.79 Å². The van der Waals surface area contributed by atoms with Crippen molar-refractivity contribution in [1.82, 2.24) is 0 Å². The van der Waals surface area contributed by atoms with E-state index in [1.54, 1.807) is 0 Å². The van der Waals surface area contributed by atoms with Gasteiger partial charge in [0.1, 0.15) is 0 Å². The van der Waals surface area contributed by atoms with Gasteiger partial charge >= 0.3 is 18.2 Å². The highest BCUT2D eigenvalue weighted by Crippen LogP contribution is 2.49. The molecule has 10 heteroatoms. The second-order valence-corrected chi connectivity index (χ2v) is 4.83. The number of benzene rings is 1. The van der Waals surface area contributed by atoms with Crippen LogP contribution in [0, 0.1) is 13.8 Å². The fourth-order valence-electron chi connectivity index (χ4n) is 1.79. The summed E-state index contributed by atoms with van der Waals surface area (Å²) >= 11 is 0. The third kappa shape index (κ3) is 3.85. The van der Waals surface area contributed by atoms with Crippen LogP contribution in [0.3, 0.4) is 0 Å². The summed E-state index contributed by atoms with van der Waals surface area (Å²) in [5, 5.41) is 2.02. The Kier molecular flexibility index (Phi) is 4.88. The Morgan fingerprint density at radius 2 is 1.48 bits per heavy atom. The monoisotopic (exact) mass is 347 g/mol. The van der Waals surface area contributed by atoms with Gasteiger partial charge in [0.2, 0.25) is 5.91 Å². The Labute approximate surface area is 126 Å². The number of nitrogens with one attached hydrogen (secondary N) is 1. The fraction of sp³-hybridized carbons (Fsp3) is 0.462. The normalized spacial score (nSPS) is 13.0. The minimum absolute atomic E-state index is 0.204. The molecule has 0 aliphatic carbocycles. The maximum atomic E-state index is 13.7. The van der Waals surface area contributed by atoms with Gasteiger partial charge in [-0.2, -0.15) is 30.7 Å². The van der Waals surface area contributed by atoms with Crippen LogP contribution in [0.1, 0.15) is 18.1 Å². The van der Waals surface area contributed by atoms with Crippen LogP contribution in [0.5, 0.6) is 5.75 Å². The third-order valence-electron chi connectivity index (χ3n) is 2.70. The molecule has 0 heterocycles. The minimum Gasteiger partial charge on any atom is -0.441 e. The first-order valence-corrected chi connectivity index (χ1v) is 6.09. The van der Waals surface area contributed by atoms with Crippen LogP contribution in [-0.2, 0) is 4.79 Å². The summed E-state index contributed by atoms with van der Waals surface area (Å²) in [6.07, 6.45) is -12.7. The standard InChI is InChI=1S/C13H12F7NO2/c1-6-4-7(2)10(9(5-6)21-8(3)22)23-11(14,12(15,16)17)13(18,19)20/h4-5H,1-3H3,(H,21,22). The number of aryl methyl sites for hydroxylation is 2. The number of hydrogen-bond acceptors (Lipinski definition) is 2. The summed E-state index contributed by atoms with van der Waals surface area (Å²) in [4.78, 5) is 11.0. The SMILES string of the molecule is CC(=O)Nc1cc(C)cc(C)c1OC(F)(C(F)(F)F)C(F)(F)F. The second-order valence-electron chi connectivity index (χ2n) is 4.83. The molecule has 0 atom stereocenters. The third-order valence-corrected chi connectivity index (χ3v) is 2.70. The molecular formula is C13H12F7NO2. The van der Waals surface area contributed by atoms with E-state index in [2.05, 4.69) is 4.74 Å². The number of hydrogen-bond donors (Lipinski definition) is 1. The molecule has 130 valence electrons. The Bertz CT molecular complexity index is 594. The van der Waals surface area contributed by atoms with E-state index in [4.69, 9.17) is 0 Å². The van der Waals surface area contributed by atoms with Crippen LogP contribution in [0.25, 0.3) is 0 Å². The summed E-state index contributed by atoms with van der Waals surface area (Å²) in [6, 6.07) is 2.25. The summed E-state index contributed by atoms with van der Waals surface area (Å²) in [5.41, 5.74) is -0.281. The Morgan fingerprint density at radius 3 is 1.87 bits per heavy atom. The van der Waals surface area contributed by atoms with Crippen molar-refractivity contribution in [3.8, 4) is 5.75 Å². The lowest BCUT2D eigenvalue weighted by Crippen LogP contribution is -2.57. The van der Waals surface area contributed by atoms with Crippen molar-refractivity contribution in [2.75, 3.05) is 5.32 Å². The molecule has 0 aliphatic rings. The minimum atomic E-state index is -6.37. The van der Waals surface area contributed by atoms with E-state index in [1.165, 1.54) is 13.0 Å². The lowest BCUT2D eigenvalue weighted by molar-refractivity contribution is -0.405. The van der Waals surface area contributed by atoms with Gasteiger partial charge in [0.05, 0.1) is 5.69 Å². The molecule has 1 aromatic rings. The van der Waals surface area contributed by atoms with E-state index in [0.29, 0.717) is 5.56 Å². The molecule has 0 aromatic heterocycles. The first-order chi connectivity index (χ1) is 10.2.